The Hall–Kier alpha value is -4.18. The van der Waals surface area contributed by atoms with Crippen molar-refractivity contribution in [2.24, 2.45) is 0 Å². The number of aromatic nitrogens is 2. The van der Waals surface area contributed by atoms with Crippen molar-refractivity contribution in [3.05, 3.63) is 76.6 Å². The lowest BCUT2D eigenvalue weighted by Gasteiger charge is -2.41. The van der Waals surface area contributed by atoms with Crippen LogP contribution < -0.4 is 4.90 Å². The maximum absolute atomic E-state index is 14.5. The van der Waals surface area contributed by atoms with Gasteiger partial charge in [0.05, 0.1) is 24.1 Å². The molecule has 0 bridgehead atoms. The van der Waals surface area contributed by atoms with Gasteiger partial charge in [0.15, 0.2) is 28.2 Å². The predicted octanol–water partition coefficient (Wildman–Crippen LogP) is 4.62. The first-order valence-corrected chi connectivity index (χ1v) is 15.0. The molecule has 1 saturated heterocycles. The summed E-state index contributed by atoms with van der Waals surface area (Å²) in [6.07, 6.45) is 7.92. The van der Waals surface area contributed by atoms with Crippen molar-refractivity contribution in [3.8, 4) is 5.75 Å². The average molecular weight is 641 g/mol. The number of halogens is 5. The van der Waals surface area contributed by atoms with Gasteiger partial charge in [0, 0.05) is 30.4 Å². The fourth-order valence-electron chi connectivity index (χ4n) is 5.39. The number of sulfonamides is 1. The normalized spacial score (nSPS) is 17.7. The molecule has 16 heteroatoms. The van der Waals surface area contributed by atoms with Gasteiger partial charge in [0.2, 0.25) is 21.7 Å². The van der Waals surface area contributed by atoms with Crippen molar-refractivity contribution in [3.63, 3.8) is 0 Å². The fraction of sp³-hybridized carbons (Fsp3) is 0.357. The number of phenols is 1. The van der Waals surface area contributed by atoms with Crippen LogP contribution in [-0.2, 0) is 21.4 Å². The van der Waals surface area contributed by atoms with Crippen LogP contribution >= 0.6 is 0 Å². The number of aromatic carboxylic acids is 1. The lowest BCUT2D eigenvalue weighted by molar-refractivity contribution is -0.125. The molecule has 2 fully saturated rings. The van der Waals surface area contributed by atoms with Gasteiger partial charge in [0.25, 0.3) is 0 Å². The Morgan fingerprint density at radius 1 is 0.909 bits per heavy atom. The van der Waals surface area contributed by atoms with Crippen molar-refractivity contribution in [1.29, 1.82) is 0 Å². The third-order valence-corrected chi connectivity index (χ3v) is 9.78. The van der Waals surface area contributed by atoms with Gasteiger partial charge in [-0.15, -0.1) is 0 Å². The molecule has 3 aromatic rings. The number of hydrogen-bond acceptors (Lipinski definition) is 7. The Morgan fingerprint density at radius 2 is 1.55 bits per heavy atom. The minimum Gasteiger partial charge on any atom is -0.507 e. The third kappa shape index (κ3) is 5.58. The molecule has 44 heavy (non-hydrogen) atoms. The number of rotatable bonds is 8. The summed E-state index contributed by atoms with van der Waals surface area (Å²) in [7, 11) is -5.42. The molecule has 5 rings (SSSR count). The van der Waals surface area contributed by atoms with Crippen LogP contribution in [0.4, 0.5) is 27.6 Å². The van der Waals surface area contributed by atoms with E-state index in [2.05, 4.69) is 9.97 Å². The van der Waals surface area contributed by atoms with Gasteiger partial charge < -0.3 is 15.1 Å². The van der Waals surface area contributed by atoms with Crippen molar-refractivity contribution >= 4 is 27.6 Å². The lowest BCUT2D eigenvalue weighted by atomic mass is 9.87. The van der Waals surface area contributed by atoms with Crippen LogP contribution in [0.5, 0.6) is 5.75 Å². The van der Waals surface area contributed by atoms with E-state index in [0.717, 1.165) is 54.8 Å². The second-order valence-electron chi connectivity index (χ2n) is 10.5. The summed E-state index contributed by atoms with van der Waals surface area (Å²) < 4.78 is 96.8. The van der Waals surface area contributed by atoms with Crippen molar-refractivity contribution < 1.29 is 50.2 Å². The Labute approximate surface area is 247 Å². The van der Waals surface area contributed by atoms with Crippen molar-refractivity contribution in [2.45, 2.75) is 61.9 Å². The number of anilines is 1. The standard InChI is InChI=1S/C28H25F5N4O6S/c29-21-22(30)24(32)26(25(33)23(21)31)44(42,43)37-9-8-19(37)27(39)36(16-6-7-17(28(40)41)20(38)10-16)13-15-11-35-18(12-34-15)14-4-2-1-3-5-14/h6-7,10-12,14,19,38H,1-5,8-9,13H2,(H,40,41)/t19-/m1/s1. The summed E-state index contributed by atoms with van der Waals surface area (Å²) in [4.78, 5) is 32.9. The van der Waals surface area contributed by atoms with E-state index in [-0.39, 0.29) is 30.3 Å². The number of carboxylic acid groups (broad SMARTS) is 1. The summed E-state index contributed by atoms with van der Waals surface area (Å²) in [6, 6.07) is 1.49. The zero-order valence-corrected chi connectivity index (χ0v) is 23.6. The van der Waals surface area contributed by atoms with E-state index in [0.29, 0.717) is 4.31 Å². The SMILES string of the molecule is O=C(O)c1ccc(N(Cc2cnc(C3CCCCC3)cn2)C(=O)[C@H]2CCN2S(=O)(=O)c2c(F)c(F)c(F)c(F)c2F)cc1O. The first-order valence-electron chi connectivity index (χ1n) is 13.5. The molecular weight excluding hydrogens is 615 g/mol. The lowest BCUT2D eigenvalue weighted by Crippen LogP contribution is -2.59. The molecule has 1 amide bonds. The highest BCUT2D eigenvalue weighted by Crippen LogP contribution is 2.36. The average Bonchev–Trinajstić information content (AvgIpc) is 2.97. The molecule has 2 N–H and O–H groups in total. The number of carboxylic acids is 1. The van der Waals surface area contributed by atoms with E-state index < -0.39 is 79.8 Å². The molecule has 1 aromatic heterocycles. The van der Waals surface area contributed by atoms with Crippen LogP contribution in [0.25, 0.3) is 0 Å². The smallest absolute Gasteiger partial charge is 0.339 e. The van der Waals surface area contributed by atoms with Gasteiger partial charge >= 0.3 is 5.97 Å². The second-order valence-corrected chi connectivity index (χ2v) is 12.3. The molecule has 2 heterocycles. The highest BCUT2D eigenvalue weighted by Gasteiger charge is 2.48. The van der Waals surface area contributed by atoms with Crippen LogP contribution in [0, 0.1) is 29.1 Å². The zero-order valence-electron chi connectivity index (χ0n) is 22.8. The Balaban J connectivity index is 1.49. The maximum atomic E-state index is 14.5. The van der Waals surface area contributed by atoms with Crippen LogP contribution in [-0.4, -0.2) is 57.4 Å². The number of benzene rings is 2. The molecule has 0 unspecified atom stereocenters. The molecule has 0 spiro atoms. The summed E-state index contributed by atoms with van der Waals surface area (Å²) in [5, 5.41) is 19.5. The summed E-state index contributed by atoms with van der Waals surface area (Å²) in [5.41, 5.74) is 0.412. The number of carbonyl (C=O) groups is 2. The highest BCUT2D eigenvalue weighted by atomic mass is 32.2. The summed E-state index contributed by atoms with van der Waals surface area (Å²) >= 11 is 0. The molecule has 1 atom stereocenters. The minimum absolute atomic E-state index is 0.0869. The van der Waals surface area contributed by atoms with Crippen LogP contribution in [0.15, 0.2) is 35.5 Å². The third-order valence-electron chi connectivity index (χ3n) is 7.85. The fourth-order valence-corrected chi connectivity index (χ4v) is 7.13. The van der Waals surface area contributed by atoms with Crippen molar-refractivity contribution in [1.82, 2.24) is 14.3 Å². The first-order chi connectivity index (χ1) is 20.8. The minimum atomic E-state index is -5.42. The van der Waals surface area contributed by atoms with E-state index in [9.17, 15) is 50.2 Å². The highest BCUT2D eigenvalue weighted by molar-refractivity contribution is 7.89. The van der Waals surface area contributed by atoms with E-state index in [1.807, 2.05) is 0 Å². The number of hydrogen-bond donors (Lipinski definition) is 2. The monoisotopic (exact) mass is 640 g/mol. The van der Waals surface area contributed by atoms with Gasteiger partial charge in [0.1, 0.15) is 17.4 Å². The maximum Gasteiger partial charge on any atom is 0.339 e. The number of amides is 1. The number of aromatic hydroxyl groups is 1. The molecular formula is C28H25F5N4O6S. The molecule has 2 aromatic carbocycles. The quantitative estimate of drug-likeness (QED) is 0.207. The Kier molecular flexibility index (Phi) is 8.57. The van der Waals surface area contributed by atoms with E-state index in [4.69, 9.17) is 0 Å². The van der Waals surface area contributed by atoms with Gasteiger partial charge in [-0.1, -0.05) is 19.3 Å². The van der Waals surface area contributed by atoms with E-state index in [1.165, 1.54) is 12.3 Å². The number of nitrogens with zero attached hydrogens (tertiary/aromatic N) is 4. The molecule has 234 valence electrons. The summed E-state index contributed by atoms with van der Waals surface area (Å²) in [5.74, 6) is -15.6. The number of carbonyl (C=O) groups excluding carboxylic acids is 1. The van der Waals surface area contributed by atoms with E-state index >= 15 is 0 Å². The topological polar surface area (TPSA) is 141 Å². The molecule has 1 aliphatic heterocycles. The second kappa shape index (κ2) is 12.1. The van der Waals surface area contributed by atoms with Crippen LogP contribution in [0.1, 0.15) is 66.2 Å². The molecule has 10 nitrogen and oxygen atoms in total. The van der Waals surface area contributed by atoms with Crippen LogP contribution in [0.2, 0.25) is 0 Å². The first kappa shape index (κ1) is 31.3. The van der Waals surface area contributed by atoms with Crippen molar-refractivity contribution in [2.75, 3.05) is 11.4 Å². The summed E-state index contributed by atoms with van der Waals surface area (Å²) in [6.45, 7) is -0.833. The molecule has 1 aliphatic carbocycles. The Morgan fingerprint density at radius 3 is 2.07 bits per heavy atom. The van der Waals surface area contributed by atoms with Gasteiger partial charge in [-0.2, -0.15) is 4.31 Å². The van der Waals surface area contributed by atoms with Gasteiger partial charge in [-0.25, -0.2) is 35.2 Å². The zero-order chi connectivity index (χ0) is 31.9. The molecule has 1 saturated carbocycles. The molecule has 2 aliphatic rings. The molecule has 0 radical (unpaired) electrons. The van der Waals surface area contributed by atoms with Crippen LogP contribution in [0.3, 0.4) is 0 Å². The van der Waals surface area contributed by atoms with E-state index in [1.54, 1.807) is 6.20 Å². The predicted molar refractivity (Wildman–Crippen MR) is 143 cm³/mol. The largest absolute Gasteiger partial charge is 0.507 e. The Bertz CT molecular complexity index is 1710. The van der Waals surface area contributed by atoms with Gasteiger partial charge in [-0.05, 0) is 31.4 Å². The van der Waals surface area contributed by atoms with Gasteiger partial charge in [-0.3, -0.25) is 14.8 Å².